The number of carbonyl (C=O) groups excluding carboxylic acids is 1. The Morgan fingerprint density at radius 2 is 2.10 bits per heavy atom. The lowest BCUT2D eigenvalue weighted by atomic mass is 10.2. The number of nitrogens with zero attached hydrogens (tertiary/aromatic N) is 1. The number of hydrogen-bond donors (Lipinski definition) is 1. The van der Waals surface area contributed by atoms with E-state index in [1.165, 1.54) is 18.2 Å². The van der Waals surface area contributed by atoms with Crippen LogP contribution < -0.4 is 5.32 Å². The number of rotatable bonds is 2. The van der Waals surface area contributed by atoms with E-state index in [1.807, 2.05) is 6.07 Å². The fourth-order valence-corrected chi connectivity index (χ4v) is 2.21. The molecule has 0 fully saturated rings. The molecule has 0 unspecified atom stereocenters. The predicted molar refractivity (Wildman–Crippen MR) is 78.2 cm³/mol. The summed E-state index contributed by atoms with van der Waals surface area (Å²) in [5, 5.41) is 11.2. The molecular weight excluding hydrogens is 347 g/mol. The number of nitrogens with one attached hydrogen (secondary N) is 1. The molecule has 0 aliphatic rings. The van der Waals surface area contributed by atoms with Gasteiger partial charge in [-0.15, -0.1) is 0 Å². The number of halogens is 3. The van der Waals surface area contributed by atoms with Gasteiger partial charge in [-0.3, -0.25) is 4.79 Å². The third kappa shape index (κ3) is 2.98. The fourth-order valence-electron chi connectivity index (χ4n) is 1.55. The summed E-state index contributed by atoms with van der Waals surface area (Å²) in [7, 11) is 0. The van der Waals surface area contributed by atoms with Gasteiger partial charge in [0.25, 0.3) is 5.91 Å². The zero-order valence-corrected chi connectivity index (χ0v) is 12.3. The van der Waals surface area contributed by atoms with E-state index in [-0.39, 0.29) is 10.6 Å². The second-order valence-electron chi connectivity index (χ2n) is 3.86. The van der Waals surface area contributed by atoms with Crippen molar-refractivity contribution in [3.8, 4) is 6.07 Å². The molecule has 1 N–H and O–H groups in total. The van der Waals surface area contributed by atoms with Crippen LogP contribution in [0, 0.1) is 17.1 Å². The fraction of sp³-hybridized carbons (Fsp3) is 0. The number of anilines is 1. The Labute approximate surface area is 128 Å². The number of carbonyl (C=O) groups is 1. The van der Waals surface area contributed by atoms with Crippen LogP contribution in [0.5, 0.6) is 0 Å². The highest BCUT2D eigenvalue weighted by Gasteiger charge is 2.15. The minimum Gasteiger partial charge on any atom is -0.321 e. The third-order valence-corrected chi connectivity index (χ3v) is 3.49. The summed E-state index contributed by atoms with van der Waals surface area (Å²) in [4.78, 5) is 12.0. The van der Waals surface area contributed by atoms with E-state index in [9.17, 15) is 9.18 Å². The van der Waals surface area contributed by atoms with Gasteiger partial charge in [-0.05, 0) is 46.3 Å². The van der Waals surface area contributed by atoms with Gasteiger partial charge < -0.3 is 5.32 Å². The minimum atomic E-state index is -0.767. The highest BCUT2D eigenvalue weighted by atomic mass is 79.9. The monoisotopic (exact) mass is 352 g/mol. The third-order valence-electron chi connectivity index (χ3n) is 2.54. The molecule has 20 heavy (non-hydrogen) atoms. The standard InChI is InChI=1S/C14H7BrClFN2O/c15-10-6-8(7-18)4-5-12(10)19-14(20)9-2-1-3-11(16)13(9)17/h1-6H,(H,19,20). The first-order valence-corrected chi connectivity index (χ1v) is 6.65. The van der Waals surface area contributed by atoms with Crippen LogP contribution in [-0.2, 0) is 0 Å². The second kappa shape index (κ2) is 6.04. The van der Waals surface area contributed by atoms with Gasteiger partial charge in [0.05, 0.1) is 27.9 Å². The lowest BCUT2D eigenvalue weighted by Gasteiger charge is -2.08. The molecule has 1 amide bonds. The molecule has 0 saturated carbocycles. The van der Waals surface area contributed by atoms with Crippen LogP contribution in [0.15, 0.2) is 40.9 Å². The van der Waals surface area contributed by atoms with Crippen molar-refractivity contribution in [2.75, 3.05) is 5.32 Å². The summed E-state index contributed by atoms with van der Waals surface area (Å²) in [6, 6.07) is 10.8. The van der Waals surface area contributed by atoms with Crippen LogP contribution in [0.25, 0.3) is 0 Å². The minimum absolute atomic E-state index is 0.114. The molecule has 2 aromatic carbocycles. The van der Waals surface area contributed by atoms with Crippen LogP contribution in [0.3, 0.4) is 0 Å². The Balaban J connectivity index is 2.29. The van der Waals surface area contributed by atoms with E-state index < -0.39 is 11.7 Å². The van der Waals surface area contributed by atoms with Crippen molar-refractivity contribution < 1.29 is 9.18 Å². The summed E-state index contributed by atoms with van der Waals surface area (Å²) in [5.41, 5.74) is 0.742. The number of amides is 1. The van der Waals surface area contributed by atoms with Gasteiger partial charge in [-0.2, -0.15) is 5.26 Å². The van der Waals surface area contributed by atoms with Crippen LogP contribution in [-0.4, -0.2) is 5.91 Å². The summed E-state index contributed by atoms with van der Waals surface area (Å²) in [6.07, 6.45) is 0. The first-order valence-electron chi connectivity index (χ1n) is 5.48. The maximum atomic E-state index is 13.7. The van der Waals surface area contributed by atoms with E-state index in [0.717, 1.165) is 0 Å². The maximum absolute atomic E-state index is 13.7. The first kappa shape index (κ1) is 14.5. The van der Waals surface area contributed by atoms with Crippen molar-refractivity contribution in [3.63, 3.8) is 0 Å². The summed E-state index contributed by atoms with van der Waals surface area (Å²) in [5.74, 6) is -1.38. The van der Waals surface area contributed by atoms with Gasteiger partial charge in [-0.25, -0.2) is 4.39 Å². The average molecular weight is 354 g/mol. The van der Waals surface area contributed by atoms with E-state index in [1.54, 1.807) is 18.2 Å². The number of benzene rings is 2. The quantitative estimate of drug-likeness (QED) is 0.872. The Bertz CT molecular complexity index is 728. The molecular formula is C14H7BrClFN2O. The van der Waals surface area contributed by atoms with Gasteiger partial charge in [0.1, 0.15) is 0 Å². The van der Waals surface area contributed by atoms with E-state index in [0.29, 0.717) is 15.7 Å². The Morgan fingerprint density at radius 1 is 1.35 bits per heavy atom. The van der Waals surface area contributed by atoms with E-state index >= 15 is 0 Å². The molecule has 0 atom stereocenters. The van der Waals surface area contributed by atoms with Crippen molar-refractivity contribution in [3.05, 3.63) is 62.8 Å². The molecule has 100 valence electrons. The molecule has 0 bridgehead atoms. The maximum Gasteiger partial charge on any atom is 0.258 e. The van der Waals surface area contributed by atoms with Crippen LogP contribution in [0.1, 0.15) is 15.9 Å². The predicted octanol–water partition coefficient (Wildman–Crippen LogP) is 4.37. The van der Waals surface area contributed by atoms with Crippen molar-refractivity contribution in [1.82, 2.24) is 0 Å². The molecule has 0 radical (unpaired) electrons. The highest BCUT2D eigenvalue weighted by Crippen LogP contribution is 2.25. The summed E-state index contributed by atoms with van der Waals surface area (Å²) >= 11 is 8.87. The smallest absolute Gasteiger partial charge is 0.258 e. The van der Waals surface area contributed by atoms with Crippen molar-refractivity contribution in [2.24, 2.45) is 0 Å². The Hall–Kier alpha value is -1.90. The molecule has 3 nitrogen and oxygen atoms in total. The molecule has 0 aliphatic carbocycles. The van der Waals surface area contributed by atoms with Gasteiger partial charge in [0.2, 0.25) is 0 Å². The lowest BCUT2D eigenvalue weighted by molar-refractivity contribution is 0.102. The SMILES string of the molecule is N#Cc1ccc(NC(=O)c2cccc(Cl)c2F)c(Br)c1. The Kier molecular flexibility index (Phi) is 4.38. The molecule has 0 heterocycles. The van der Waals surface area contributed by atoms with Gasteiger partial charge in [0, 0.05) is 4.47 Å². The molecule has 0 spiro atoms. The molecule has 0 saturated heterocycles. The van der Waals surface area contributed by atoms with Crippen molar-refractivity contribution in [2.45, 2.75) is 0 Å². The summed E-state index contributed by atoms with van der Waals surface area (Å²) in [6.45, 7) is 0. The van der Waals surface area contributed by atoms with E-state index in [4.69, 9.17) is 16.9 Å². The lowest BCUT2D eigenvalue weighted by Crippen LogP contribution is -2.14. The highest BCUT2D eigenvalue weighted by molar-refractivity contribution is 9.10. The van der Waals surface area contributed by atoms with Gasteiger partial charge in [-0.1, -0.05) is 17.7 Å². The molecule has 2 aromatic rings. The largest absolute Gasteiger partial charge is 0.321 e. The zero-order valence-electron chi connectivity index (χ0n) is 9.95. The molecule has 6 heteroatoms. The van der Waals surface area contributed by atoms with Crippen molar-refractivity contribution >= 4 is 39.1 Å². The van der Waals surface area contributed by atoms with E-state index in [2.05, 4.69) is 21.2 Å². The number of nitriles is 1. The van der Waals surface area contributed by atoms with Crippen molar-refractivity contribution in [1.29, 1.82) is 5.26 Å². The van der Waals surface area contributed by atoms with Gasteiger partial charge >= 0.3 is 0 Å². The number of hydrogen-bond acceptors (Lipinski definition) is 2. The normalized spacial score (nSPS) is 9.90. The first-order chi connectivity index (χ1) is 9.52. The van der Waals surface area contributed by atoms with Crippen LogP contribution in [0.4, 0.5) is 10.1 Å². The zero-order chi connectivity index (χ0) is 14.7. The molecule has 2 rings (SSSR count). The summed E-state index contributed by atoms with van der Waals surface area (Å²) < 4.78 is 14.3. The topological polar surface area (TPSA) is 52.9 Å². The average Bonchev–Trinajstić information content (AvgIpc) is 2.44. The van der Waals surface area contributed by atoms with Gasteiger partial charge in [0.15, 0.2) is 5.82 Å². The second-order valence-corrected chi connectivity index (χ2v) is 5.12. The van der Waals surface area contributed by atoms with Crippen LogP contribution >= 0.6 is 27.5 Å². The molecule has 0 aromatic heterocycles. The van der Waals surface area contributed by atoms with Crippen LogP contribution in [0.2, 0.25) is 5.02 Å². The molecule has 0 aliphatic heterocycles. The Morgan fingerprint density at radius 3 is 2.75 bits per heavy atom.